The van der Waals surface area contributed by atoms with E-state index in [1.165, 1.54) is 0 Å². The van der Waals surface area contributed by atoms with Crippen molar-refractivity contribution in [3.63, 3.8) is 0 Å². The molecule has 0 aromatic heterocycles. The Morgan fingerprint density at radius 1 is 0.909 bits per heavy atom. The first-order valence-corrected chi connectivity index (χ1v) is 8.48. The zero-order chi connectivity index (χ0) is 17.8. The molecule has 0 spiro atoms. The van der Waals surface area contributed by atoms with Crippen molar-refractivity contribution in [2.75, 3.05) is 6.61 Å². The van der Waals surface area contributed by atoms with Crippen LogP contribution in [0.15, 0.2) is 0 Å². The first-order chi connectivity index (χ1) is 9.60. The molecule has 0 fully saturated rings. The molecule has 0 aliphatic rings. The third kappa shape index (κ3) is 8.77. The van der Waals surface area contributed by atoms with Crippen LogP contribution < -0.4 is 0 Å². The van der Waals surface area contributed by atoms with Crippen molar-refractivity contribution in [2.24, 2.45) is 10.8 Å². The van der Waals surface area contributed by atoms with Gasteiger partial charge in [0.15, 0.2) is 0 Å². The number of carbonyl (C=O) groups is 1. The second-order valence-corrected chi connectivity index (χ2v) is 9.51. The fourth-order valence-corrected chi connectivity index (χ4v) is 2.54. The van der Waals surface area contributed by atoms with Crippen LogP contribution in [0.5, 0.6) is 0 Å². The Morgan fingerprint density at radius 2 is 1.41 bits per heavy atom. The molecule has 1 atom stereocenters. The predicted octanol–water partition coefficient (Wildman–Crippen LogP) is 5.37. The number of hydrogen-bond donors (Lipinski definition) is 0. The summed E-state index contributed by atoms with van der Waals surface area (Å²) in [5.74, 6) is -0.0920. The fourth-order valence-electron chi connectivity index (χ4n) is 2.54. The maximum Gasteiger partial charge on any atom is 0.312 e. The van der Waals surface area contributed by atoms with E-state index in [0.29, 0.717) is 13.0 Å². The van der Waals surface area contributed by atoms with Gasteiger partial charge in [-0.05, 0) is 59.8 Å². The summed E-state index contributed by atoms with van der Waals surface area (Å²) in [6.45, 7) is 21.2. The molecule has 0 bridgehead atoms. The molecule has 132 valence electrons. The summed E-state index contributed by atoms with van der Waals surface area (Å²) >= 11 is 0. The lowest BCUT2D eigenvalue weighted by Crippen LogP contribution is -2.40. The lowest BCUT2D eigenvalue weighted by molar-refractivity contribution is -0.172. The van der Waals surface area contributed by atoms with E-state index in [4.69, 9.17) is 9.47 Å². The van der Waals surface area contributed by atoms with E-state index in [1.54, 1.807) is 0 Å². The van der Waals surface area contributed by atoms with Crippen molar-refractivity contribution >= 4 is 5.97 Å². The minimum Gasteiger partial charge on any atom is -0.459 e. The van der Waals surface area contributed by atoms with Crippen LogP contribution in [0.4, 0.5) is 0 Å². The fraction of sp³-hybridized carbons (Fsp3) is 0.947. The molecule has 3 nitrogen and oxygen atoms in total. The van der Waals surface area contributed by atoms with Crippen LogP contribution in [0.3, 0.4) is 0 Å². The average Bonchev–Trinajstić information content (AvgIpc) is 2.23. The first-order valence-electron chi connectivity index (χ1n) is 8.48. The third-order valence-corrected chi connectivity index (χ3v) is 3.80. The highest BCUT2D eigenvalue weighted by Gasteiger charge is 2.39. The molecule has 0 amide bonds. The Balaban J connectivity index is 4.71. The van der Waals surface area contributed by atoms with E-state index in [9.17, 15) is 4.79 Å². The number of carbonyl (C=O) groups excluding carboxylic acids is 1. The van der Waals surface area contributed by atoms with Gasteiger partial charge >= 0.3 is 5.97 Å². The molecule has 0 aliphatic carbocycles. The van der Waals surface area contributed by atoms with Gasteiger partial charge in [-0.15, -0.1) is 0 Å². The molecule has 0 rings (SSSR count). The van der Waals surface area contributed by atoms with Crippen molar-refractivity contribution in [1.82, 2.24) is 0 Å². The van der Waals surface area contributed by atoms with Gasteiger partial charge in [-0.1, -0.05) is 27.7 Å². The Kier molecular flexibility index (Phi) is 7.14. The molecule has 22 heavy (non-hydrogen) atoms. The van der Waals surface area contributed by atoms with Gasteiger partial charge in [0.05, 0.1) is 17.6 Å². The number of ether oxygens (including phenoxy) is 2. The van der Waals surface area contributed by atoms with Crippen LogP contribution >= 0.6 is 0 Å². The summed E-state index contributed by atoms with van der Waals surface area (Å²) in [5.41, 5.74) is -0.995. The van der Waals surface area contributed by atoms with Gasteiger partial charge in [-0.25, -0.2) is 0 Å². The number of rotatable bonds is 7. The summed E-state index contributed by atoms with van der Waals surface area (Å²) in [4.78, 5) is 12.7. The Morgan fingerprint density at radius 3 is 1.77 bits per heavy atom. The Labute approximate surface area is 138 Å². The molecule has 3 heteroatoms. The highest BCUT2D eigenvalue weighted by atomic mass is 16.6. The minimum absolute atomic E-state index is 0.0920. The molecule has 1 unspecified atom stereocenters. The summed E-state index contributed by atoms with van der Waals surface area (Å²) in [7, 11) is 0. The van der Waals surface area contributed by atoms with E-state index in [-0.39, 0.29) is 17.0 Å². The number of esters is 1. The molecular formula is C19H38O3. The highest BCUT2D eigenvalue weighted by molar-refractivity contribution is 5.76. The molecule has 0 aromatic rings. The summed E-state index contributed by atoms with van der Waals surface area (Å²) in [5, 5.41) is 0. The first kappa shape index (κ1) is 21.4. The van der Waals surface area contributed by atoms with Gasteiger partial charge in [-0.3, -0.25) is 4.79 Å². The van der Waals surface area contributed by atoms with Gasteiger partial charge in [-0.2, -0.15) is 0 Å². The molecule has 0 saturated carbocycles. The van der Waals surface area contributed by atoms with Gasteiger partial charge in [0, 0.05) is 6.42 Å². The Bertz CT molecular complexity index is 358. The topological polar surface area (TPSA) is 35.5 Å². The smallest absolute Gasteiger partial charge is 0.312 e. The van der Waals surface area contributed by atoms with Crippen molar-refractivity contribution in [3.05, 3.63) is 0 Å². The van der Waals surface area contributed by atoms with Gasteiger partial charge < -0.3 is 9.47 Å². The van der Waals surface area contributed by atoms with E-state index in [0.717, 1.165) is 12.8 Å². The van der Waals surface area contributed by atoms with Crippen LogP contribution in [0, 0.1) is 10.8 Å². The van der Waals surface area contributed by atoms with Gasteiger partial charge in [0.1, 0.15) is 5.60 Å². The van der Waals surface area contributed by atoms with Crippen molar-refractivity contribution in [1.29, 1.82) is 0 Å². The van der Waals surface area contributed by atoms with Crippen molar-refractivity contribution < 1.29 is 14.3 Å². The van der Waals surface area contributed by atoms with Crippen LogP contribution in [-0.2, 0) is 14.3 Å². The van der Waals surface area contributed by atoms with E-state index >= 15 is 0 Å². The average molecular weight is 315 g/mol. The largest absolute Gasteiger partial charge is 0.459 e. The number of hydrogen-bond acceptors (Lipinski definition) is 3. The third-order valence-electron chi connectivity index (χ3n) is 3.80. The predicted molar refractivity (Wildman–Crippen MR) is 93.0 cm³/mol. The SMILES string of the molecule is CCC(C)(CC(C)(C)C)C(=O)OC(C)(C)CCOC(C)(C)C. The normalized spacial score (nSPS) is 16.3. The van der Waals surface area contributed by atoms with Crippen LogP contribution in [-0.4, -0.2) is 23.8 Å². The van der Waals surface area contributed by atoms with Crippen molar-refractivity contribution in [3.8, 4) is 0 Å². The van der Waals surface area contributed by atoms with E-state index in [2.05, 4.69) is 27.7 Å². The van der Waals surface area contributed by atoms with Crippen LogP contribution in [0.25, 0.3) is 0 Å². The molecule has 0 heterocycles. The Hall–Kier alpha value is -0.570. The zero-order valence-electron chi connectivity index (χ0n) is 16.6. The maximum absolute atomic E-state index is 12.7. The molecule has 0 aromatic carbocycles. The standard InChI is InChI=1S/C19H38O3/c1-11-19(10,14-16(2,3)4)15(20)22-18(8,9)12-13-21-17(5,6)7/h11-14H2,1-10H3. The van der Waals surface area contributed by atoms with E-state index in [1.807, 2.05) is 41.5 Å². The van der Waals surface area contributed by atoms with Gasteiger partial charge in [0.2, 0.25) is 0 Å². The summed E-state index contributed by atoms with van der Waals surface area (Å²) in [6, 6.07) is 0. The van der Waals surface area contributed by atoms with E-state index < -0.39 is 11.0 Å². The molecule has 0 N–H and O–H groups in total. The summed E-state index contributed by atoms with van der Waals surface area (Å²) < 4.78 is 11.6. The molecule has 0 saturated heterocycles. The highest BCUT2D eigenvalue weighted by Crippen LogP contribution is 2.38. The second-order valence-electron chi connectivity index (χ2n) is 9.51. The molecular weight excluding hydrogens is 276 g/mol. The van der Waals surface area contributed by atoms with Crippen LogP contribution in [0.2, 0.25) is 0 Å². The minimum atomic E-state index is -0.503. The lowest BCUT2D eigenvalue weighted by Gasteiger charge is -2.36. The zero-order valence-corrected chi connectivity index (χ0v) is 16.6. The second kappa shape index (κ2) is 7.33. The lowest BCUT2D eigenvalue weighted by atomic mass is 9.73. The summed E-state index contributed by atoms with van der Waals surface area (Å²) in [6.07, 6.45) is 2.31. The quantitative estimate of drug-likeness (QED) is 0.593. The monoisotopic (exact) mass is 314 g/mol. The van der Waals surface area contributed by atoms with Gasteiger partial charge in [0.25, 0.3) is 0 Å². The van der Waals surface area contributed by atoms with Crippen LogP contribution in [0.1, 0.15) is 88.5 Å². The molecule has 0 aliphatic heterocycles. The molecule has 0 radical (unpaired) electrons. The van der Waals surface area contributed by atoms with Crippen molar-refractivity contribution in [2.45, 2.75) is 99.7 Å². The maximum atomic E-state index is 12.7.